The van der Waals surface area contributed by atoms with Crippen molar-refractivity contribution in [1.82, 2.24) is 10.6 Å². The van der Waals surface area contributed by atoms with Gasteiger partial charge in [0, 0.05) is 0 Å². The summed E-state index contributed by atoms with van der Waals surface area (Å²) < 4.78 is 0. The van der Waals surface area contributed by atoms with Crippen LogP contribution in [0.25, 0.3) is 0 Å². The molecule has 3 fully saturated rings. The van der Waals surface area contributed by atoms with Crippen molar-refractivity contribution in [3.63, 3.8) is 0 Å². The second-order valence-electron chi connectivity index (χ2n) is 8.02. The van der Waals surface area contributed by atoms with E-state index in [-0.39, 0.29) is 0 Å². The summed E-state index contributed by atoms with van der Waals surface area (Å²) in [7, 11) is 0. The normalized spacial score (nSPS) is 27.3. The number of rotatable bonds is 5. The highest BCUT2D eigenvalue weighted by atomic mass is 14.9. The van der Waals surface area contributed by atoms with Crippen molar-refractivity contribution in [2.45, 2.75) is 70.6 Å². The van der Waals surface area contributed by atoms with Crippen LogP contribution in [-0.4, -0.2) is 26.2 Å². The highest BCUT2D eigenvalue weighted by Gasteiger charge is 2.29. The predicted molar refractivity (Wildman–Crippen MR) is 90.5 cm³/mol. The molecule has 2 heterocycles. The molecule has 2 heteroatoms. The van der Waals surface area contributed by atoms with E-state index >= 15 is 0 Å². The quantitative estimate of drug-likeness (QED) is 0.801. The molecule has 0 aromatic carbocycles. The molecule has 0 atom stereocenters. The molecular weight excluding hydrogens is 256 g/mol. The van der Waals surface area contributed by atoms with Gasteiger partial charge in [0.2, 0.25) is 0 Å². The monoisotopic (exact) mass is 292 g/mol. The van der Waals surface area contributed by atoms with Gasteiger partial charge < -0.3 is 10.6 Å². The first-order valence-electron chi connectivity index (χ1n) is 9.83. The number of hydrogen-bond acceptors (Lipinski definition) is 2. The zero-order valence-electron chi connectivity index (χ0n) is 13.9. The van der Waals surface area contributed by atoms with Crippen LogP contribution in [0, 0.1) is 23.7 Å². The lowest BCUT2D eigenvalue weighted by molar-refractivity contribution is 0.153. The minimum atomic E-state index is 1.03. The molecule has 0 radical (unpaired) electrons. The van der Waals surface area contributed by atoms with E-state index in [4.69, 9.17) is 0 Å². The van der Waals surface area contributed by atoms with Crippen molar-refractivity contribution in [2.75, 3.05) is 26.2 Å². The van der Waals surface area contributed by atoms with E-state index in [9.17, 15) is 0 Å². The summed E-state index contributed by atoms with van der Waals surface area (Å²) in [6, 6.07) is 0. The van der Waals surface area contributed by atoms with Gasteiger partial charge in [-0.3, -0.25) is 0 Å². The van der Waals surface area contributed by atoms with Crippen LogP contribution in [0.5, 0.6) is 0 Å². The van der Waals surface area contributed by atoms with E-state index in [0.29, 0.717) is 0 Å². The van der Waals surface area contributed by atoms with E-state index in [1.165, 1.54) is 71.1 Å². The highest BCUT2D eigenvalue weighted by molar-refractivity contribution is 4.82. The van der Waals surface area contributed by atoms with Crippen LogP contribution in [0.15, 0.2) is 0 Å². The van der Waals surface area contributed by atoms with Gasteiger partial charge in [0.25, 0.3) is 0 Å². The fraction of sp³-hybridized carbons (Fsp3) is 1.00. The van der Waals surface area contributed by atoms with Crippen LogP contribution in [0.3, 0.4) is 0 Å². The van der Waals surface area contributed by atoms with Crippen molar-refractivity contribution >= 4 is 0 Å². The Morgan fingerprint density at radius 1 is 0.619 bits per heavy atom. The van der Waals surface area contributed by atoms with Crippen molar-refractivity contribution in [3.8, 4) is 0 Å². The first-order chi connectivity index (χ1) is 10.4. The Hall–Kier alpha value is -0.0800. The van der Waals surface area contributed by atoms with Gasteiger partial charge in [-0.2, -0.15) is 0 Å². The first-order valence-corrected chi connectivity index (χ1v) is 9.83. The van der Waals surface area contributed by atoms with Gasteiger partial charge in [0.1, 0.15) is 0 Å². The summed E-state index contributed by atoms with van der Waals surface area (Å²) in [5, 5.41) is 7.08. The summed E-state index contributed by atoms with van der Waals surface area (Å²) in [6.45, 7) is 5.09. The van der Waals surface area contributed by atoms with Gasteiger partial charge in [0.15, 0.2) is 0 Å². The van der Waals surface area contributed by atoms with Gasteiger partial charge in [-0.05, 0) is 88.4 Å². The van der Waals surface area contributed by atoms with Crippen LogP contribution < -0.4 is 10.6 Å². The van der Waals surface area contributed by atoms with E-state index in [1.54, 1.807) is 25.7 Å². The molecular formula is C19H36N2. The molecule has 2 aliphatic heterocycles. The molecule has 122 valence electrons. The molecule has 2 N–H and O–H groups in total. The van der Waals surface area contributed by atoms with Crippen LogP contribution in [-0.2, 0) is 0 Å². The topological polar surface area (TPSA) is 24.1 Å². The van der Waals surface area contributed by atoms with E-state index < -0.39 is 0 Å². The van der Waals surface area contributed by atoms with Crippen LogP contribution >= 0.6 is 0 Å². The average Bonchev–Trinajstić information content (AvgIpc) is 2.57. The maximum Gasteiger partial charge on any atom is -0.00463 e. The fourth-order valence-corrected chi connectivity index (χ4v) is 5.18. The summed E-state index contributed by atoms with van der Waals surface area (Å²) in [4.78, 5) is 0. The molecule has 0 aromatic heterocycles. The van der Waals surface area contributed by atoms with Gasteiger partial charge >= 0.3 is 0 Å². The Balaban J connectivity index is 1.55. The Morgan fingerprint density at radius 2 is 1.10 bits per heavy atom. The van der Waals surface area contributed by atoms with Gasteiger partial charge in [-0.25, -0.2) is 0 Å². The van der Waals surface area contributed by atoms with E-state index in [1.807, 2.05) is 0 Å². The lowest BCUT2D eigenvalue weighted by Gasteiger charge is -2.37. The third-order valence-electron chi connectivity index (χ3n) is 6.51. The molecule has 0 bridgehead atoms. The molecule has 1 aliphatic carbocycles. The summed E-state index contributed by atoms with van der Waals surface area (Å²) in [5.74, 6) is 4.18. The lowest BCUT2D eigenvalue weighted by atomic mass is 9.70. The molecule has 21 heavy (non-hydrogen) atoms. The zero-order chi connectivity index (χ0) is 14.3. The Bertz CT molecular complexity index is 253. The minimum Gasteiger partial charge on any atom is -0.317 e. The van der Waals surface area contributed by atoms with Crippen molar-refractivity contribution in [3.05, 3.63) is 0 Å². The molecule has 0 amide bonds. The maximum absolute atomic E-state index is 3.54. The van der Waals surface area contributed by atoms with Crippen molar-refractivity contribution < 1.29 is 0 Å². The van der Waals surface area contributed by atoms with Crippen molar-refractivity contribution in [2.24, 2.45) is 23.7 Å². The molecule has 0 unspecified atom stereocenters. The highest BCUT2D eigenvalue weighted by Crippen LogP contribution is 2.39. The zero-order valence-corrected chi connectivity index (χ0v) is 13.9. The third-order valence-corrected chi connectivity index (χ3v) is 6.51. The first kappa shape index (κ1) is 15.8. The lowest BCUT2D eigenvalue weighted by Crippen LogP contribution is -2.33. The predicted octanol–water partition coefficient (Wildman–Crippen LogP) is 3.96. The smallest absolute Gasteiger partial charge is 0.00463 e. The number of hydrogen-bond donors (Lipinski definition) is 2. The van der Waals surface area contributed by atoms with Crippen LogP contribution in [0.2, 0.25) is 0 Å². The molecule has 0 spiro atoms. The number of piperidine rings is 2. The van der Waals surface area contributed by atoms with Gasteiger partial charge in [-0.1, -0.05) is 32.1 Å². The van der Waals surface area contributed by atoms with Crippen molar-refractivity contribution in [1.29, 1.82) is 0 Å². The summed E-state index contributed by atoms with van der Waals surface area (Å²) in [5.41, 5.74) is 0. The second kappa shape index (κ2) is 8.53. The maximum atomic E-state index is 3.54. The Morgan fingerprint density at radius 3 is 1.57 bits per heavy atom. The molecule has 0 aromatic rings. The Labute approximate surface area is 131 Å². The molecule has 2 saturated heterocycles. The third kappa shape index (κ3) is 4.96. The molecule has 3 aliphatic rings. The Kier molecular flexibility index (Phi) is 6.42. The molecule has 1 saturated carbocycles. The van der Waals surface area contributed by atoms with Crippen LogP contribution in [0.4, 0.5) is 0 Å². The van der Waals surface area contributed by atoms with E-state index in [0.717, 1.165) is 23.7 Å². The molecule has 2 nitrogen and oxygen atoms in total. The summed E-state index contributed by atoms with van der Waals surface area (Å²) >= 11 is 0. The fourth-order valence-electron chi connectivity index (χ4n) is 5.18. The largest absolute Gasteiger partial charge is 0.317 e. The second-order valence-corrected chi connectivity index (χ2v) is 8.02. The van der Waals surface area contributed by atoms with Crippen LogP contribution in [0.1, 0.15) is 70.6 Å². The molecule has 3 rings (SSSR count). The standard InChI is InChI=1S/C19H36N2/c1-2-4-18(5-3-1)19(14-16-6-10-20-11-7-16)15-17-8-12-21-13-9-17/h16-21H,1-15H2. The SMILES string of the molecule is C1CCC(C(CC2CCNCC2)CC2CCNCC2)CC1. The van der Waals surface area contributed by atoms with E-state index in [2.05, 4.69) is 10.6 Å². The van der Waals surface area contributed by atoms with Gasteiger partial charge in [0.05, 0.1) is 0 Å². The van der Waals surface area contributed by atoms with Gasteiger partial charge in [-0.15, -0.1) is 0 Å². The average molecular weight is 293 g/mol. The summed E-state index contributed by atoms with van der Waals surface area (Å²) in [6.07, 6.45) is 16.5. The number of nitrogens with one attached hydrogen (secondary N) is 2. The minimum absolute atomic E-state index is 1.03.